The van der Waals surface area contributed by atoms with Crippen molar-refractivity contribution in [2.45, 2.75) is 12.6 Å². The summed E-state index contributed by atoms with van der Waals surface area (Å²) >= 11 is 0. The molecule has 9 heteroatoms. The summed E-state index contributed by atoms with van der Waals surface area (Å²) in [5.74, 6) is -1.75. The predicted molar refractivity (Wildman–Crippen MR) is 75.3 cm³/mol. The third kappa shape index (κ3) is 6.05. The van der Waals surface area contributed by atoms with Crippen molar-refractivity contribution in [2.75, 3.05) is 27.3 Å². The smallest absolute Gasteiger partial charge is 0.471 e. The van der Waals surface area contributed by atoms with Gasteiger partial charge in [0.2, 0.25) is 5.91 Å². The summed E-state index contributed by atoms with van der Waals surface area (Å²) in [5.41, 5.74) is 0.849. The highest BCUT2D eigenvalue weighted by molar-refractivity contribution is 5.87. The molecule has 0 fully saturated rings. The van der Waals surface area contributed by atoms with E-state index in [9.17, 15) is 22.8 Å². The van der Waals surface area contributed by atoms with Crippen LogP contribution >= 0.6 is 0 Å². The highest BCUT2D eigenvalue weighted by atomic mass is 19.4. The van der Waals surface area contributed by atoms with E-state index in [1.807, 2.05) is 0 Å². The van der Waals surface area contributed by atoms with Gasteiger partial charge in [-0.25, -0.2) is 0 Å². The van der Waals surface area contributed by atoms with Crippen LogP contribution in [0.2, 0.25) is 0 Å². The van der Waals surface area contributed by atoms with E-state index in [1.54, 1.807) is 18.2 Å². The van der Waals surface area contributed by atoms with Gasteiger partial charge < -0.3 is 20.1 Å². The van der Waals surface area contributed by atoms with Gasteiger partial charge in [-0.2, -0.15) is 13.2 Å². The maximum Gasteiger partial charge on any atom is 0.471 e. The summed E-state index contributed by atoms with van der Waals surface area (Å²) in [6, 6.07) is 5.22. The van der Waals surface area contributed by atoms with Crippen LogP contribution in [0.25, 0.3) is 0 Å². The van der Waals surface area contributed by atoms with Gasteiger partial charge in [0.15, 0.2) is 11.5 Å². The monoisotopic (exact) mass is 334 g/mol. The Morgan fingerprint density at radius 2 is 1.74 bits per heavy atom. The fraction of sp³-hybridized carbons (Fsp3) is 0.429. The van der Waals surface area contributed by atoms with Crippen molar-refractivity contribution < 1.29 is 32.2 Å². The highest BCUT2D eigenvalue weighted by Gasteiger charge is 2.38. The molecule has 0 aliphatic rings. The maximum absolute atomic E-state index is 11.9. The maximum atomic E-state index is 11.9. The van der Waals surface area contributed by atoms with Crippen molar-refractivity contribution in [2.24, 2.45) is 0 Å². The molecule has 0 saturated heterocycles. The Balaban J connectivity index is 2.39. The van der Waals surface area contributed by atoms with E-state index < -0.39 is 24.5 Å². The topological polar surface area (TPSA) is 76.7 Å². The van der Waals surface area contributed by atoms with E-state index >= 15 is 0 Å². The highest BCUT2D eigenvalue weighted by Crippen LogP contribution is 2.27. The SMILES string of the molecule is COc1ccc(CCNC(=O)CNC(=O)C(F)(F)F)cc1OC. The molecule has 1 aromatic carbocycles. The number of rotatable bonds is 7. The fourth-order valence-corrected chi connectivity index (χ4v) is 1.71. The lowest BCUT2D eigenvalue weighted by atomic mass is 10.1. The number of ether oxygens (including phenoxy) is 2. The number of alkyl halides is 3. The van der Waals surface area contributed by atoms with Crippen LogP contribution < -0.4 is 20.1 Å². The van der Waals surface area contributed by atoms with Crippen molar-refractivity contribution in [1.29, 1.82) is 0 Å². The quantitative estimate of drug-likeness (QED) is 0.781. The first kappa shape index (κ1) is 18.6. The van der Waals surface area contributed by atoms with Gasteiger partial charge in [0.05, 0.1) is 20.8 Å². The largest absolute Gasteiger partial charge is 0.493 e. The zero-order valence-corrected chi connectivity index (χ0v) is 12.6. The second-order valence-corrected chi connectivity index (χ2v) is 4.47. The first-order valence-electron chi connectivity index (χ1n) is 6.60. The number of halogens is 3. The average molecular weight is 334 g/mol. The Kier molecular flexibility index (Phi) is 6.67. The predicted octanol–water partition coefficient (Wildman–Crippen LogP) is 1.04. The second-order valence-electron chi connectivity index (χ2n) is 4.47. The van der Waals surface area contributed by atoms with Crippen LogP contribution in [-0.4, -0.2) is 45.3 Å². The third-order valence-electron chi connectivity index (χ3n) is 2.85. The van der Waals surface area contributed by atoms with E-state index in [2.05, 4.69) is 5.32 Å². The number of hydrogen-bond donors (Lipinski definition) is 2. The van der Waals surface area contributed by atoms with Crippen LogP contribution in [0.4, 0.5) is 13.2 Å². The van der Waals surface area contributed by atoms with Crippen LogP contribution in [0.3, 0.4) is 0 Å². The number of nitrogens with one attached hydrogen (secondary N) is 2. The molecule has 1 aromatic rings. The Hall–Kier alpha value is -2.45. The Morgan fingerprint density at radius 1 is 1.09 bits per heavy atom. The molecule has 0 heterocycles. The van der Waals surface area contributed by atoms with Crippen LogP contribution in [0, 0.1) is 0 Å². The summed E-state index contributed by atoms with van der Waals surface area (Å²) in [4.78, 5) is 21.9. The average Bonchev–Trinajstić information content (AvgIpc) is 2.51. The summed E-state index contributed by atoms with van der Waals surface area (Å²) in [7, 11) is 3.00. The number of methoxy groups -OCH3 is 2. The van der Waals surface area contributed by atoms with E-state index in [4.69, 9.17) is 9.47 Å². The zero-order valence-electron chi connectivity index (χ0n) is 12.6. The van der Waals surface area contributed by atoms with Crippen molar-refractivity contribution in [3.63, 3.8) is 0 Å². The molecule has 0 radical (unpaired) electrons. The molecule has 0 saturated carbocycles. The minimum absolute atomic E-state index is 0.205. The van der Waals surface area contributed by atoms with Gasteiger partial charge in [-0.1, -0.05) is 6.07 Å². The van der Waals surface area contributed by atoms with Gasteiger partial charge in [0, 0.05) is 6.54 Å². The van der Waals surface area contributed by atoms with Gasteiger partial charge in [0.25, 0.3) is 0 Å². The molecular formula is C14H17F3N2O4. The minimum atomic E-state index is -5.00. The zero-order chi connectivity index (χ0) is 17.5. The number of benzene rings is 1. The van der Waals surface area contributed by atoms with Crippen LogP contribution in [-0.2, 0) is 16.0 Å². The molecule has 0 aromatic heterocycles. The van der Waals surface area contributed by atoms with Crippen LogP contribution in [0.15, 0.2) is 18.2 Å². The van der Waals surface area contributed by atoms with E-state index in [-0.39, 0.29) is 6.54 Å². The molecule has 0 atom stereocenters. The van der Waals surface area contributed by atoms with Gasteiger partial charge in [-0.3, -0.25) is 9.59 Å². The summed E-state index contributed by atoms with van der Waals surface area (Å²) < 4.78 is 46.0. The van der Waals surface area contributed by atoms with Gasteiger partial charge in [-0.15, -0.1) is 0 Å². The van der Waals surface area contributed by atoms with Crippen molar-refractivity contribution in [3.8, 4) is 11.5 Å². The van der Waals surface area contributed by atoms with Gasteiger partial charge >= 0.3 is 12.1 Å². The van der Waals surface area contributed by atoms with Gasteiger partial charge in [0.1, 0.15) is 0 Å². The molecule has 0 unspecified atom stereocenters. The minimum Gasteiger partial charge on any atom is -0.493 e. The summed E-state index contributed by atoms with van der Waals surface area (Å²) in [5, 5.41) is 3.90. The number of amides is 2. The Morgan fingerprint density at radius 3 is 2.30 bits per heavy atom. The number of hydrogen-bond acceptors (Lipinski definition) is 4. The fourth-order valence-electron chi connectivity index (χ4n) is 1.71. The van der Waals surface area contributed by atoms with Crippen molar-refractivity contribution in [1.82, 2.24) is 10.6 Å². The van der Waals surface area contributed by atoms with Crippen LogP contribution in [0.1, 0.15) is 5.56 Å². The van der Waals surface area contributed by atoms with E-state index in [0.717, 1.165) is 5.56 Å². The lowest BCUT2D eigenvalue weighted by Gasteiger charge is -2.10. The molecule has 0 spiro atoms. The van der Waals surface area contributed by atoms with E-state index in [1.165, 1.54) is 19.5 Å². The molecule has 2 amide bonds. The molecular weight excluding hydrogens is 317 g/mol. The summed E-state index contributed by atoms with van der Waals surface area (Å²) in [6.07, 6.45) is -4.56. The Bertz CT molecular complexity index is 561. The molecule has 0 aliphatic heterocycles. The van der Waals surface area contributed by atoms with E-state index in [0.29, 0.717) is 17.9 Å². The number of carbonyl (C=O) groups is 2. The Labute approximate surface area is 130 Å². The molecule has 128 valence electrons. The normalized spacial score (nSPS) is 10.8. The summed E-state index contributed by atoms with van der Waals surface area (Å²) in [6.45, 7) is -0.527. The number of carbonyl (C=O) groups excluding carboxylic acids is 2. The first-order valence-corrected chi connectivity index (χ1v) is 6.60. The lowest BCUT2D eigenvalue weighted by Crippen LogP contribution is -2.43. The third-order valence-corrected chi connectivity index (χ3v) is 2.85. The molecule has 6 nitrogen and oxygen atoms in total. The van der Waals surface area contributed by atoms with Crippen molar-refractivity contribution >= 4 is 11.8 Å². The standard InChI is InChI=1S/C14H17F3N2O4/c1-22-10-4-3-9(7-11(10)23-2)5-6-18-12(20)8-19-13(21)14(15,16)17/h3-4,7H,5-6,8H2,1-2H3,(H,18,20)(H,19,21). The molecule has 23 heavy (non-hydrogen) atoms. The molecule has 0 aliphatic carbocycles. The first-order chi connectivity index (χ1) is 10.8. The van der Waals surface area contributed by atoms with Gasteiger partial charge in [-0.05, 0) is 24.1 Å². The molecule has 0 bridgehead atoms. The molecule has 2 N–H and O–H groups in total. The lowest BCUT2D eigenvalue weighted by molar-refractivity contribution is -0.173. The van der Waals surface area contributed by atoms with Crippen LogP contribution in [0.5, 0.6) is 11.5 Å². The van der Waals surface area contributed by atoms with Crippen molar-refractivity contribution in [3.05, 3.63) is 23.8 Å². The second kappa shape index (κ2) is 8.25. The molecule has 1 rings (SSSR count).